The molecule has 0 amide bonds. The summed E-state index contributed by atoms with van der Waals surface area (Å²) < 4.78 is 11.6. The third kappa shape index (κ3) is 1.51. The summed E-state index contributed by atoms with van der Waals surface area (Å²) >= 11 is 0. The lowest BCUT2D eigenvalue weighted by Crippen LogP contribution is -2.57. The van der Waals surface area contributed by atoms with Crippen molar-refractivity contribution in [3.63, 3.8) is 0 Å². The van der Waals surface area contributed by atoms with Crippen molar-refractivity contribution in [2.45, 2.75) is 56.8 Å². The summed E-state index contributed by atoms with van der Waals surface area (Å²) in [4.78, 5) is 2.34. The van der Waals surface area contributed by atoms with Gasteiger partial charge in [-0.25, -0.2) is 0 Å². The summed E-state index contributed by atoms with van der Waals surface area (Å²) in [5.41, 5.74) is 0. The van der Waals surface area contributed by atoms with E-state index in [1.165, 1.54) is 6.42 Å². The lowest BCUT2D eigenvalue weighted by Gasteiger charge is -2.39. The largest absolute Gasteiger partial charge is 0.389 e. The molecule has 3 aliphatic rings. The number of piperidine rings is 1. The summed E-state index contributed by atoms with van der Waals surface area (Å²) in [5, 5.41) is 10.2. The van der Waals surface area contributed by atoms with Crippen LogP contribution in [-0.2, 0) is 9.47 Å². The molecule has 0 aromatic rings. The van der Waals surface area contributed by atoms with Crippen LogP contribution in [0.2, 0.25) is 0 Å². The Morgan fingerprint density at radius 3 is 2.93 bits per heavy atom. The van der Waals surface area contributed by atoms with Gasteiger partial charge in [-0.15, -0.1) is 0 Å². The van der Waals surface area contributed by atoms with Crippen molar-refractivity contribution < 1.29 is 14.6 Å². The van der Waals surface area contributed by atoms with Crippen LogP contribution in [-0.4, -0.2) is 53.2 Å². The van der Waals surface area contributed by atoms with Gasteiger partial charge in [-0.2, -0.15) is 0 Å². The molecule has 4 nitrogen and oxygen atoms in total. The van der Waals surface area contributed by atoms with Gasteiger partial charge in [-0.05, 0) is 33.2 Å². The van der Waals surface area contributed by atoms with Gasteiger partial charge in [0.1, 0.15) is 12.2 Å². The molecule has 0 unspecified atom stereocenters. The van der Waals surface area contributed by atoms with Gasteiger partial charge in [0.05, 0.1) is 6.10 Å². The first-order valence-corrected chi connectivity index (χ1v) is 5.85. The first-order valence-electron chi connectivity index (χ1n) is 5.85. The van der Waals surface area contributed by atoms with E-state index in [9.17, 15) is 5.11 Å². The fraction of sp³-hybridized carbons (Fsp3) is 1.00. The maximum absolute atomic E-state index is 10.2. The molecule has 3 fully saturated rings. The summed E-state index contributed by atoms with van der Waals surface area (Å²) in [7, 11) is 0. The van der Waals surface area contributed by atoms with E-state index < -0.39 is 5.79 Å². The van der Waals surface area contributed by atoms with E-state index in [1.54, 1.807) is 0 Å². The summed E-state index contributed by atoms with van der Waals surface area (Å²) in [5.74, 6) is -0.532. The maximum Gasteiger partial charge on any atom is 0.163 e. The monoisotopic (exact) mass is 213 g/mol. The zero-order valence-electron chi connectivity index (χ0n) is 9.35. The zero-order valence-corrected chi connectivity index (χ0v) is 9.35. The lowest BCUT2D eigenvalue weighted by atomic mass is 9.94. The molecule has 4 heteroatoms. The van der Waals surface area contributed by atoms with Crippen LogP contribution >= 0.6 is 0 Å². The molecule has 0 aliphatic carbocycles. The van der Waals surface area contributed by atoms with Crippen LogP contribution in [0.3, 0.4) is 0 Å². The molecule has 0 aromatic heterocycles. The number of ether oxygens (including phenoxy) is 2. The molecule has 0 bridgehead atoms. The molecule has 4 atom stereocenters. The highest BCUT2D eigenvalue weighted by Gasteiger charge is 2.52. The van der Waals surface area contributed by atoms with Gasteiger partial charge < -0.3 is 14.6 Å². The van der Waals surface area contributed by atoms with Crippen molar-refractivity contribution in [3.05, 3.63) is 0 Å². The minimum absolute atomic E-state index is 0.0457. The van der Waals surface area contributed by atoms with Crippen LogP contribution in [0.15, 0.2) is 0 Å². The molecule has 3 heterocycles. The maximum atomic E-state index is 10.2. The van der Waals surface area contributed by atoms with Crippen LogP contribution < -0.4 is 0 Å². The van der Waals surface area contributed by atoms with Crippen LogP contribution in [0.1, 0.15) is 26.7 Å². The molecule has 1 N–H and O–H groups in total. The van der Waals surface area contributed by atoms with Crippen LogP contribution in [0.25, 0.3) is 0 Å². The molecule has 0 aromatic carbocycles. The van der Waals surface area contributed by atoms with E-state index in [-0.39, 0.29) is 18.3 Å². The van der Waals surface area contributed by atoms with Crippen molar-refractivity contribution in [1.82, 2.24) is 4.90 Å². The fourth-order valence-electron chi connectivity index (χ4n) is 3.21. The third-order valence-corrected chi connectivity index (χ3v) is 3.78. The molecular weight excluding hydrogens is 194 g/mol. The smallest absolute Gasteiger partial charge is 0.163 e. The SMILES string of the molecule is CC1(C)O[C@H]2[C@@H](O)[C@H]3CCCN3C[C@@H]2O1. The Morgan fingerprint density at radius 2 is 2.13 bits per heavy atom. The van der Waals surface area contributed by atoms with Gasteiger partial charge in [0.2, 0.25) is 0 Å². The van der Waals surface area contributed by atoms with E-state index >= 15 is 0 Å². The molecule has 0 saturated carbocycles. The quantitative estimate of drug-likeness (QED) is 0.630. The molecule has 3 aliphatic heterocycles. The Kier molecular flexibility index (Phi) is 2.12. The van der Waals surface area contributed by atoms with Gasteiger partial charge in [0.15, 0.2) is 5.79 Å². The van der Waals surface area contributed by atoms with Crippen LogP contribution in [0.5, 0.6) is 0 Å². The van der Waals surface area contributed by atoms with Crippen LogP contribution in [0.4, 0.5) is 0 Å². The molecule has 15 heavy (non-hydrogen) atoms. The average Bonchev–Trinajstić information content (AvgIpc) is 2.68. The third-order valence-electron chi connectivity index (χ3n) is 3.78. The van der Waals surface area contributed by atoms with Crippen molar-refractivity contribution >= 4 is 0 Å². The molecular formula is C11H19NO3. The Labute approximate surface area is 90.2 Å². The number of aliphatic hydroxyl groups excluding tert-OH is 1. The van der Waals surface area contributed by atoms with E-state index in [4.69, 9.17) is 9.47 Å². The second-order valence-electron chi connectivity index (χ2n) is 5.33. The van der Waals surface area contributed by atoms with Crippen molar-refractivity contribution in [2.24, 2.45) is 0 Å². The van der Waals surface area contributed by atoms with Crippen molar-refractivity contribution in [3.8, 4) is 0 Å². The highest BCUT2D eigenvalue weighted by Crippen LogP contribution is 2.38. The molecule has 0 spiro atoms. The molecule has 86 valence electrons. The topological polar surface area (TPSA) is 41.9 Å². The predicted molar refractivity (Wildman–Crippen MR) is 54.4 cm³/mol. The average molecular weight is 213 g/mol. The number of hydrogen-bond donors (Lipinski definition) is 1. The minimum Gasteiger partial charge on any atom is -0.389 e. The normalized spacial score (nSPS) is 49.0. The highest BCUT2D eigenvalue weighted by molar-refractivity contribution is 5.01. The Hall–Kier alpha value is -0.160. The summed E-state index contributed by atoms with van der Waals surface area (Å²) in [6.45, 7) is 5.84. The number of aliphatic hydroxyl groups is 1. The lowest BCUT2D eigenvalue weighted by molar-refractivity contribution is -0.154. The van der Waals surface area contributed by atoms with E-state index in [1.807, 2.05) is 13.8 Å². The number of fused-ring (bicyclic) bond motifs is 2. The first-order chi connectivity index (χ1) is 7.07. The Bertz CT molecular complexity index is 267. The van der Waals surface area contributed by atoms with E-state index in [2.05, 4.69) is 4.90 Å². The van der Waals surface area contributed by atoms with Crippen molar-refractivity contribution in [1.29, 1.82) is 0 Å². The molecule has 3 saturated heterocycles. The zero-order chi connectivity index (χ0) is 10.6. The van der Waals surface area contributed by atoms with E-state index in [0.717, 1.165) is 19.5 Å². The van der Waals surface area contributed by atoms with Gasteiger partial charge in [-0.1, -0.05) is 0 Å². The molecule has 0 radical (unpaired) electrons. The number of hydrogen-bond acceptors (Lipinski definition) is 4. The predicted octanol–water partition coefficient (Wildman–Crippen LogP) is 0.345. The second kappa shape index (κ2) is 3.17. The summed E-state index contributed by atoms with van der Waals surface area (Å²) in [6.07, 6.45) is 1.82. The summed E-state index contributed by atoms with van der Waals surface area (Å²) in [6, 6.07) is 0.295. The van der Waals surface area contributed by atoms with Gasteiger partial charge in [0.25, 0.3) is 0 Å². The fourth-order valence-corrected chi connectivity index (χ4v) is 3.21. The minimum atomic E-state index is -0.532. The first kappa shape index (κ1) is 10.0. The number of nitrogens with zero attached hydrogens (tertiary/aromatic N) is 1. The van der Waals surface area contributed by atoms with Gasteiger partial charge in [-0.3, -0.25) is 4.90 Å². The van der Waals surface area contributed by atoms with Gasteiger partial charge in [0, 0.05) is 12.6 Å². The number of rotatable bonds is 0. The highest BCUT2D eigenvalue weighted by atomic mass is 16.8. The van der Waals surface area contributed by atoms with Gasteiger partial charge >= 0.3 is 0 Å². The molecule has 3 rings (SSSR count). The van der Waals surface area contributed by atoms with Crippen molar-refractivity contribution in [2.75, 3.05) is 13.1 Å². The Morgan fingerprint density at radius 1 is 1.33 bits per heavy atom. The standard InChI is InChI=1S/C11H19NO3/c1-11(2)14-8-6-12-5-3-4-7(12)9(13)10(8)15-11/h7-10,13H,3-6H2,1-2H3/t7-,8+,9+,10-/m1/s1. The second-order valence-corrected chi connectivity index (χ2v) is 5.33. The Balaban J connectivity index is 1.81. The van der Waals surface area contributed by atoms with E-state index in [0.29, 0.717) is 6.04 Å². The van der Waals surface area contributed by atoms with Crippen LogP contribution in [0, 0.1) is 0 Å².